The molecule has 2 aromatic carbocycles. The van der Waals surface area contributed by atoms with E-state index in [1.807, 2.05) is 30.3 Å². The number of fused-ring (bicyclic) bond motifs is 1. The molecule has 0 bridgehead atoms. The van der Waals surface area contributed by atoms with Gasteiger partial charge in [0.2, 0.25) is 10.0 Å². The summed E-state index contributed by atoms with van der Waals surface area (Å²) >= 11 is 7.72. The molecule has 4 rings (SSSR count). The highest BCUT2D eigenvalue weighted by Gasteiger charge is 2.25. The number of thioether (sulfide) groups is 1. The maximum absolute atomic E-state index is 13.0. The van der Waals surface area contributed by atoms with Crippen LogP contribution in [0.25, 0.3) is 11.0 Å². The van der Waals surface area contributed by atoms with Crippen molar-refractivity contribution in [1.29, 1.82) is 0 Å². The van der Waals surface area contributed by atoms with Crippen LogP contribution < -0.4 is 0 Å². The molecule has 32 heavy (non-hydrogen) atoms. The minimum Gasteiger partial charge on any atom is -0.316 e. The summed E-state index contributed by atoms with van der Waals surface area (Å²) in [5.74, 6) is 0.790. The lowest BCUT2D eigenvalue weighted by molar-refractivity contribution is 0.459. The largest absolute Gasteiger partial charge is 0.316 e. The second-order valence-corrected chi connectivity index (χ2v) is 11.9. The molecule has 1 fully saturated rings. The Bertz CT molecular complexity index is 1170. The summed E-state index contributed by atoms with van der Waals surface area (Å²) in [7, 11) is -1.87. The Hall–Kier alpha value is -1.54. The maximum atomic E-state index is 13.0. The van der Waals surface area contributed by atoms with E-state index in [9.17, 15) is 8.42 Å². The molecule has 8 heteroatoms. The van der Waals surface area contributed by atoms with Crippen molar-refractivity contribution < 1.29 is 8.42 Å². The third kappa shape index (κ3) is 5.01. The van der Waals surface area contributed by atoms with Gasteiger partial charge in [-0.2, -0.15) is 0 Å². The Morgan fingerprint density at radius 3 is 2.56 bits per heavy atom. The lowest BCUT2D eigenvalue weighted by Crippen LogP contribution is -2.27. The van der Waals surface area contributed by atoms with Gasteiger partial charge in [0.1, 0.15) is 0 Å². The number of hydrogen-bond donors (Lipinski definition) is 0. The number of hydrogen-bond acceptors (Lipinski definition) is 4. The van der Waals surface area contributed by atoms with E-state index in [4.69, 9.17) is 16.6 Å². The van der Waals surface area contributed by atoms with Crippen LogP contribution >= 0.6 is 23.4 Å². The van der Waals surface area contributed by atoms with Crippen molar-refractivity contribution in [3.63, 3.8) is 0 Å². The molecule has 1 aromatic heterocycles. The zero-order valence-corrected chi connectivity index (χ0v) is 21.0. The number of benzene rings is 2. The summed E-state index contributed by atoms with van der Waals surface area (Å²) in [4.78, 5) is 5.22. The topological polar surface area (TPSA) is 55.2 Å². The van der Waals surface area contributed by atoms with Gasteiger partial charge in [-0.05, 0) is 55.2 Å². The lowest BCUT2D eigenvalue weighted by Gasteiger charge is -2.18. The van der Waals surface area contributed by atoms with Gasteiger partial charge in [0.15, 0.2) is 5.16 Å². The van der Waals surface area contributed by atoms with Crippen LogP contribution in [0.2, 0.25) is 5.02 Å². The predicted molar refractivity (Wildman–Crippen MR) is 133 cm³/mol. The molecule has 0 aliphatic heterocycles. The lowest BCUT2D eigenvalue weighted by atomic mass is 10.2. The summed E-state index contributed by atoms with van der Waals surface area (Å²) in [5.41, 5.74) is 2.95. The van der Waals surface area contributed by atoms with Crippen LogP contribution in [0, 0.1) is 0 Å². The second kappa shape index (κ2) is 10.2. The molecule has 3 aromatic rings. The van der Waals surface area contributed by atoms with Crippen LogP contribution in [0.3, 0.4) is 0 Å². The fourth-order valence-electron chi connectivity index (χ4n) is 4.24. The van der Waals surface area contributed by atoms with E-state index in [1.54, 1.807) is 30.9 Å². The van der Waals surface area contributed by atoms with Gasteiger partial charge in [0.05, 0.1) is 15.9 Å². The van der Waals surface area contributed by atoms with Gasteiger partial charge in [-0.1, -0.05) is 61.7 Å². The monoisotopic (exact) mass is 491 g/mol. The summed E-state index contributed by atoms with van der Waals surface area (Å²) in [6, 6.07) is 13.7. The molecule has 1 aliphatic rings. The van der Waals surface area contributed by atoms with E-state index < -0.39 is 10.0 Å². The summed E-state index contributed by atoms with van der Waals surface area (Å²) in [5, 5.41) is 1.69. The molecule has 0 radical (unpaired) electrons. The van der Waals surface area contributed by atoms with Crippen molar-refractivity contribution in [2.24, 2.45) is 0 Å². The maximum Gasteiger partial charge on any atom is 0.242 e. The first-order chi connectivity index (χ1) is 15.4. The summed E-state index contributed by atoms with van der Waals surface area (Å²) in [6.07, 6.45) is 6.53. The number of halogens is 1. The van der Waals surface area contributed by atoms with Crippen molar-refractivity contribution in [3.05, 3.63) is 53.1 Å². The molecule has 5 nitrogen and oxygen atoms in total. The first kappa shape index (κ1) is 23.6. The zero-order chi connectivity index (χ0) is 22.7. The average molecular weight is 492 g/mol. The Kier molecular flexibility index (Phi) is 7.50. The fraction of sp³-hybridized carbons (Fsp3) is 0.458. The van der Waals surface area contributed by atoms with Crippen LogP contribution in [0.1, 0.15) is 57.1 Å². The molecule has 0 unspecified atom stereocenters. The Balaban J connectivity index is 1.67. The minimum absolute atomic E-state index is 0.314. The van der Waals surface area contributed by atoms with E-state index in [-0.39, 0.29) is 0 Å². The van der Waals surface area contributed by atoms with Gasteiger partial charge < -0.3 is 4.57 Å². The van der Waals surface area contributed by atoms with E-state index in [2.05, 4.69) is 11.5 Å². The number of aromatic nitrogens is 2. The minimum atomic E-state index is -3.52. The predicted octanol–water partition coefficient (Wildman–Crippen LogP) is 6.52. The molecule has 172 valence electrons. The molecular formula is C24H30ClN3O2S2. The summed E-state index contributed by atoms with van der Waals surface area (Å²) < 4.78 is 29.9. The fourth-order valence-corrected chi connectivity index (χ4v) is 6.64. The van der Waals surface area contributed by atoms with Crippen LogP contribution in [0.15, 0.2) is 52.5 Å². The third-order valence-electron chi connectivity index (χ3n) is 6.13. The average Bonchev–Trinajstić information content (AvgIpc) is 3.43. The molecular weight excluding hydrogens is 462 g/mol. The first-order valence-electron chi connectivity index (χ1n) is 11.3. The van der Waals surface area contributed by atoms with E-state index in [0.29, 0.717) is 17.5 Å². The second-order valence-electron chi connectivity index (χ2n) is 8.45. The molecule has 0 amide bonds. The molecule has 0 spiro atoms. The third-order valence-corrected chi connectivity index (χ3v) is 9.26. The molecule has 0 atom stereocenters. The van der Waals surface area contributed by atoms with Gasteiger partial charge in [0.25, 0.3) is 0 Å². The quantitative estimate of drug-likeness (QED) is 0.320. The van der Waals surface area contributed by atoms with E-state index in [0.717, 1.165) is 52.6 Å². The standard InChI is InChI=1S/C24H30ClN3O2S2/c1-3-4-15-27(2)32(29,30)21-13-14-23-22(16-21)26-24(28(23)20-7-5-6-8-20)31-17-18-9-11-19(25)12-10-18/h9-14,16,20H,3-8,15,17H2,1-2H3. The Morgan fingerprint density at radius 1 is 1.16 bits per heavy atom. The number of unbranched alkanes of at least 4 members (excludes halogenated alkanes) is 1. The number of sulfonamides is 1. The Morgan fingerprint density at radius 2 is 1.88 bits per heavy atom. The zero-order valence-electron chi connectivity index (χ0n) is 18.6. The normalized spacial score (nSPS) is 15.2. The molecule has 1 heterocycles. The van der Waals surface area contributed by atoms with Crippen LogP contribution in [0.4, 0.5) is 0 Å². The number of imidazole rings is 1. The molecule has 0 N–H and O–H groups in total. The van der Waals surface area contributed by atoms with Crippen molar-refractivity contribution >= 4 is 44.4 Å². The van der Waals surface area contributed by atoms with Gasteiger partial charge in [0, 0.05) is 30.4 Å². The van der Waals surface area contributed by atoms with E-state index >= 15 is 0 Å². The van der Waals surface area contributed by atoms with Crippen molar-refractivity contribution in [2.75, 3.05) is 13.6 Å². The number of nitrogens with zero attached hydrogens (tertiary/aromatic N) is 3. The first-order valence-corrected chi connectivity index (χ1v) is 14.1. The van der Waals surface area contributed by atoms with Gasteiger partial charge in [-0.15, -0.1) is 0 Å². The highest BCUT2D eigenvalue weighted by atomic mass is 35.5. The van der Waals surface area contributed by atoms with Gasteiger partial charge in [-0.25, -0.2) is 17.7 Å². The molecule has 0 saturated heterocycles. The van der Waals surface area contributed by atoms with Crippen LogP contribution in [-0.2, 0) is 15.8 Å². The smallest absolute Gasteiger partial charge is 0.242 e. The highest BCUT2D eigenvalue weighted by molar-refractivity contribution is 7.98. The van der Waals surface area contributed by atoms with Crippen LogP contribution in [-0.4, -0.2) is 35.9 Å². The molecule has 1 saturated carbocycles. The summed E-state index contributed by atoms with van der Waals surface area (Å²) in [6.45, 7) is 2.58. The van der Waals surface area contributed by atoms with Crippen LogP contribution in [0.5, 0.6) is 0 Å². The number of rotatable bonds is 9. The molecule has 1 aliphatic carbocycles. The van der Waals surface area contributed by atoms with Crippen molar-refractivity contribution in [2.45, 2.75) is 67.3 Å². The highest BCUT2D eigenvalue weighted by Crippen LogP contribution is 2.38. The SMILES string of the molecule is CCCCN(C)S(=O)(=O)c1ccc2c(c1)nc(SCc1ccc(Cl)cc1)n2C1CCCC1. The van der Waals surface area contributed by atoms with Crippen molar-refractivity contribution in [3.8, 4) is 0 Å². The van der Waals surface area contributed by atoms with Crippen molar-refractivity contribution in [1.82, 2.24) is 13.9 Å². The van der Waals surface area contributed by atoms with Gasteiger partial charge in [-0.3, -0.25) is 0 Å². The van der Waals surface area contributed by atoms with Gasteiger partial charge >= 0.3 is 0 Å². The Labute approximate surface area is 200 Å². The van der Waals surface area contributed by atoms with E-state index in [1.165, 1.54) is 22.7 Å².